The minimum absolute atomic E-state index is 0.00681. The quantitative estimate of drug-likeness (QED) is 0.615. The van der Waals surface area contributed by atoms with E-state index in [0.717, 1.165) is 25.7 Å². The molecule has 100 valence electrons. The number of aliphatic hydroxyl groups excluding tert-OH is 1. The lowest BCUT2D eigenvalue weighted by atomic mass is 9.84. The van der Waals surface area contributed by atoms with Crippen LogP contribution in [0.25, 0.3) is 0 Å². The molecule has 0 aromatic rings. The Morgan fingerprint density at radius 1 is 1.53 bits per heavy atom. The van der Waals surface area contributed by atoms with Gasteiger partial charge in [0.2, 0.25) is 5.91 Å². The van der Waals surface area contributed by atoms with Crippen LogP contribution < -0.4 is 11.1 Å². The summed E-state index contributed by atoms with van der Waals surface area (Å²) in [5.74, 6) is -0.0230. The minimum atomic E-state index is -0.514. The van der Waals surface area contributed by atoms with E-state index in [-0.39, 0.29) is 17.9 Å². The third-order valence-electron chi connectivity index (χ3n) is 3.29. The van der Waals surface area contributed by atoms with Crippen molar-refractivity contribution in [2.45, 2.75) is 44.2 Å². The molecule has 17 heavy (non-hydrogen) atoms. The Hall–Kier alpha value is -0.650. The summed E-state index contributed by atoms with van der Waals surface area (Å²) < 4.78 is 4.81. The molecular formula is C12H24N2O3. The van der Waals surface area contributed by atoms with E-state index in [1.807, 2.05) is 0 Å². The lowest BCUT2D eigenvalue weighted by Crippen LogP contribution is -2.44. The van der Waals surface area contributed by atoms with Gasteiger partial charge >= 0.3 is 0 Å². The van der Waals surface area contributed by atoms with E-state index in [2.05, 4.69) is 5.32 Å². The number of ether oxygens (including phenoxy) is 1. The van der Waals surface area contributed by atoms with Gasteiger partial charge in [0, 0.05) is 19.7 Å². The molecule has 0 radical (unpaired) electrons. The molecular weight excluding hydrogens is 220 g/mol. The van der Waals surface area contributed by atoms with Gasteiger partial charge in [-0.3, -0.25) is 4.79 Å². The number of carbonyl (C=O) groups is 1. The number of hydrogen-bond donors (Lipinski definition) is 3. The van der Waals surface area contributed by atoms with E-state index in [1.165, 1.54) is 0 Å². The number of nitrogens with two attached hydrogens (primary N) is 1. The van der Waals surface area contributed by atoms with Crippen LogP contribution in [0.5, 0.6) is 0 Å². The van der Waals surface area contributed by atoms with Gasteiger partial charge in [-0.2, -0.15) is 0 Å². The molecule has 3 atom stereocenters. The minimum Gasteiger partial charge on any atom is -0.391 e. The molecule has 1 rings (SSSR count). The SMILES string of the molecule is COCC(O)CCNC(=O)C1CCCCC1N. The van der Waals surface area contributed by atoms with Crippen LogP contribution in [0.2, 0.25) is 0 Å². The Labute approximate surface area is 103 Å². The van der Waals surface area contributed by atoms with E-state index >= 15 is 0 Å². The van der Waals surface area contributed by atoms with Crippen molar-refractivity contribution in [1.29, 1.82) is 0 Å². The highest BCUT2D eigenvalue weighted by atomic mass is 16.5. The van der Waals surface area contributed by atoms with Crippen LogP contribution in [-0.4, -0.2) is 43.4 Å². The molecule has 5 heteroatoms. The molecule has 4 N–H and O–H groups in total. The third-order valence-corrected chi connectivity index (χ3v) is 3.29. The predicted molar refractivity (Wildman–Crippen MR) is 65.4 cm³/mol. The zero-order chi connectivity index (χ0) is 12.7. The number of hydrogen-bond acceptors (Lipinski definition) is 4. The standard InChI is InChI=1S/C12H24N2O3/c1-17-8-9(15)6-7-14-12(16)10-4-2-3-5-11(10)13/h9-11,15H,2-8,13H2,1H3,(H,14,16). The molecule has 1 amide bonds. The molecule has 1 fully saturated rings. The van der Waals surface area contributed by atoms with Crippen molar-refractivity contribution in [3.05, 3.63) is 0 Å². The van der Waals surface area contributed by atoms with Crippen molar-refractivity contribution in [2.75, 3.05) is 20.3 Å². The van der Waals surface area contributed by atoms with E-state index in [4.69, 9.17) is 10.5 Å². The fourth-order valence-corrected chi connectivity index (χ4v) is 2.25. The monoisotopic (exact) mass is 244 g/mol. The molecule has 0 aliphatic heterocycles. The zero-order valence-electron chi connectivity index (χ0n) is 10.5. The van der Waals surface area contributed by atoms with Gasteiger partial charge in [0.05, 0.1) is 18.6 Å². The lowest BCUT2D eigenvalue weighted by Gasteiger charge is -2.27. The Morgan fingerprint density at radius 3 is 2.88 bits per heavy atom. The molecule has 0 heterocycles. The van der Waals surface area contributed by atoms with E-state index < -0.39 is 6.10 Å². The van der Waals surface area contributed by atoms with Crippen LogP contribution in [0.4, 0.5) is 0 Å². The molecule has 0 aromatic carbocycles. The molecule has 1 saturated carbocycles. The lowest BCUT2D eigenvalue weighted by molar-refractivity contribution is -0.126. The average molecular weight is 244 g/mol. The molecule has 1 aliphatic rings. The summed E-state index contributed by atoms with van der Waals surface area (Å²) in [6.07, 6.45) is 4.02. The highest BCUT2D eigenvalue weighted by Gasteiger charge is 2.27. The van der Waals surface area contributed by atoms with Crippen molar-refractivity contribution in [2.24, 2.45) is 11.7 Å². The summed E-state index contributed by atoms with van der Waals surface area (Å²) in [6, 6.07) is -0.00681. The number of aliphatic hydroxyl groups is 1. The number of nitrogens with one attached hydrogen (secondary N) is 1. The van der Waals surface area contributed by atoms with Gasteiger partial charge in [-0.15, -0.1) is 0 Å². The summed E-state index contributed by atoms with van der Waals surface area (Å²) >= 11 is 0. The van der Waals surface area contributed by atoms with E-state index in [0.29, 0.717) is 19.6 Å². The molecule has 0 bridgehead atoms. The van der Waals surface area contributed by atoms with Gasteiger partial charge in [-0.25, -0.2) is 0 Å². The van der Waals surface area contributed by atoms with Gasteiger partial charge in [0.25, 0.3) is 0 Å². The van der Waals surface area contributed by atoms with Gasteiger partial charge in [-0.05, 0) is 19.3 Å². The molecule has 5 nitrogen and oxygen atoms in total. The summed E-state index contributed by atoms with van der Waals surface area (Å²) in [6.45, 7) is 0.783. The third kappa shape index (κ3) is 5.02. The first-order valence-corrected chi connectivity index (χ1v) is 6.35. The van der Waals surface area contributed by atoms with Crippen molar-refractivity contribution >= 4 is 5.91 Å². The highest BCUT2D eigenvalue weighted by Crippen LogP contribution is 2.22. The van der Waals surface area contributed by atoms with Crippen molar-refractivity contribution in [3.8, 4) is 0 Å². The maximum absolute atomic E-state index is 11.8. The van der Waals surface area contributed by atoms with Crippen LogP contribution in [-0.2, 0) is 9.53 Å². The molecule has 0 aromatic heterocycles. The number of methoxy groups -OCH3 is 1. The average Bonchev–Trinajstić information content (AvgIpc) is 2.29. The fourth-order valence-electron chi connectivity index (χ4n) is 2.25. The van der Waals surface area contributed by atoms with Gasteiger partial charge < -0.3 is 20.9 Å². The van der Waals surface area contributed by atoms with Crippen molar-refractivity contribution in [1.82, 2.24) is 5.32 Å². The maximum atomic E-state index is 11.8. The molecule has 1 aliphatic carbocycles. The molecule has 0 saturated heterocycles. The van der Waals surface area contributed by atoms with Crippen LogP contribution in [0.15, 0.2) is 0 Å². The van der Waals surface area contributed by atoms with Crippen LogP contribution in [0.3, 0.4) is 0 Å². The van der Waals surface area contributed by atoms with Gasteiger partial charge in [-0.1, -0.05) is 12.8 Å². The maximum Gasteiger partial charge on any atom is 0.224 e. The summed E-state index contributed by atoms with van der Waals surface area (Å²) in [4.78, 5) is 11.8. The Balaban J connectivity index is 2.19. The summed E-state index contributed by atoms with van der Waals surface area (Å²) in [5.41, 5.74) is 5.93. The second kappa shape index (κ2) is 7.63. The molecule has 3 unspecified atom stereocenters. The zero-order valence-corrected chi connectivity index (χ0v) is 10.5. The first-order chi connectivity index (χ1) is 8.15. The van der Waals surface area contributed by atoms with Crippen LogP contribution >= 0.6 is 0 Å². The first kappa shape index (κ1) is 14.4. The first-order valence-electron chi connectivity index (χ1n) is 6.35. The Bertz CT molecular complexity index is 236. The van der Waals surface area contributed by atoms with Gasteiger partial charge in [0.1, 0.15) is 0 Å². The van der Waals surface area contributed by atoms with E-state index in [9.17, 15) is 9.90 Å². The van der Waals surface area contributed by atoms with Crippen molar-refractivity contribution < 1.29 is 14.6 Å². The summed E-state index contributed by atoms with van der Waals surface area (Å²) in [5, 5.41) is 12.3. The normalized spacial score (nSPS) is 26.5. The highest BCUT2D eigenvalue weighted by molar-refractivity contribution is 5.79. The van der Waals surface area contributed by atoms with Gasteiger partial charge in [0.15, 0.2) is 0 Å². The second-order valence-corrected chi connectivity index (χ2v) is 4.74. The summed E-state index contributed by atoms with van der Waals surface area (Å²) in [7, 11) is 1.54. The van der Waals surface area contributed by atoms with Crippen molar-refractivity contribution in [3.63, 3.8) is 0 Å². The van der Waals surface area contributed by atoms with Crippen LogP contribution in [0.1, 0.15) is 32.1 Å². The predicted octanol–water partition coefficient (Wildman–Crippen LogP) is 0.0175. The number of carbonyl (C=O) groups excluding carboxylic acids is 1. The Kier molecular flexibility index (Phi) is 6.47. The topological polar surface area (TPSA) is 84.6 Å². The Morgan fingerprint density at radius 2 is 2.24 bits per heavy atom. The fraction of sp³-hybridized carbons (Fsp3) is 0.917. The van der Waals surface area contributed by atoms with E-state index in [1.54, 1.807) is 7.11 Å². The van der Waals surface area contributed by atoms with Crippen LogP contribution in [0, 0.1) is 5.92 Å². The second-order valence-electron chi connectivity index (χ2n) is 4.74. The smallest absolute Gasteiger partial charge is 0.224 e. The molecule has 0 spiro atoms. The number of rotatable bonds is 6. The largest absolute Gasteiger partial charge is 0.391 e. The number of amides is 1.